The van der Waals surface area contributed by atoms with Gasteiger partial charge in [0.15, 0.2) is 0 Å². The summed E-state index contributed by atoms with van der Waals surface area (Å²) in [5.74, 6) is 0.362. The van der Waals surface area contributed by atoms with Gasteiger partial charge in [0.2, 0.25) is 5.28 Å². The Hall–Kier alpha value is -1.43. The summed E-state index contributed by atoms with van der Waals surface area (Å²) < 4.78 is 0. The highest BCUT2D eigenvalue weighted by molar-refractivity contribution is 6.33. The zero-order valence-electron chi connectivity index (χ0n) is 9.22. The summed E-state index contributed by atoms with van der Waals surface area (Å²) in [6.45, 7) is -0.144. The van der Waals surface area contributed by atoms with Gasteiger partial charge >= 0.3 is 0 Å². The Morgan fingerprint density at radius 2 is 2.11 bits per heavy atom. The van der Waals surface area contributed by atoms with Gasteiger partial charge in [-0.1, -0.05) is 17.7 Å². The van der Waals surface area contributed by atoms with Crippen LogP contribution >= 0.6 is 23.2 Å². The summed E-state index contributed by atoms with van der Waals surface area (Å²) in [6, 6.07) is 5.02. The van der Waals surface area contributed by atoms with E-state index < -0.39 is 6.04 Å². The van der Waals surface area contributed by atoms with Gasteiger partial charge in [-0.2, -0.15) is 4.98 Å². The predicted molar refractivity (Wildman–Crippen MR) is 69.7 cm³/mol. The minimum absolute atomic E-state index is 0.0830. The number of aliphatic hydroxyl groups is 1. The van der Waals surface area contributed by atoms with Gasteiger partial charge in [0.05, 0.1) is 24.5 Å². The molecule has 2 heterocycles. The van der Waals surface area contributed by atoms with Crippen molar-refractivity contribution in [3.8, 4) is 0 Å². The Morgan fingerprint density at radius 3 is 2.78 bits per heavy atom. The Balaban J connectivity index is 2.23. The fourth-order valence-corrected chi connectivity index (χ4v) is 1.69. The van der Waals surface area contributed by atoms with Crippen molar-refractivity contribution in [2.75, 3.05) is 11.9 Å². The van der Waals surface area contributed by atoms with Crippen molar-refractivity contribution in [1.29, 1.82) is 0 Å². The van der Waals surface area contributed by atoms with E-state index in [0.29, 0.717) is 16.5 Å². The lowest BCUT2D eigenvalue weighted by atomic mass is 10.2. The number of aromatic nitrogens is 3. The minimum Gasteiger partial charge on any atom is -0.394 e. The summed E-state index contributed by atoms with van der Waals surface area (Å²) in [4.78, 5) is 11.9. The van der Waals surface area contributed by atoms with Crippen LogP contribution in [0.15, 0.2) is 30.6 Å². The number of aliphatic hydroxyl groups excluding tert-OH is 1. The first kappa shape index (κ1) is 13.0. The number of hydrogen-bond acceptors (Lipinski definition) is 5. The molecule has 1 atom stereocenters. The molecule has 0 aliphatic heterocycles. The molecule has 5 nitrogen and oxygen atoms in total. The monoisotopic (exact) mass is 284 g/mol. The van der Waals surface area contributed by atoms with Crippen LogP contribution in [0.3, 0.4) is 0 Å². The van der Waals surface area contributed by atoms with Crippen LogP contribution in [0.5, 0.6) is 0 Å². The van der Waals surface area contributed by atoms with Crippen molar-refractivity contribution in [3.05, 3.63) is 46.6 Å². The molecule has 0 unspecified atom stereocenters. The van der Waals surface area contributed by atoms with Crippen molar-refractivity contribution in [2.45, 2.75) is 6.04 Å². The van der Waals surface area contributed by atoms with Gasteiger partial charge < -0.3 is 10.4 Å². The molecule has 0 aliphatic carbocycles. The standard InChI is InChI=1S/C11H10Cl2N4O/c12-7-5-15-11(13)17-10(7)16-9(6-18)8-3-1-2-4-14-8/h1-5,9,18H,6H2,(H,15,16,17)/t9-/m1/s1. The maximum absolute atomic E-state index is 9.38. The summed E-state index contributed by atoms with van der Waals surface area (Å²) >= 11 is 11.6. The zero-order valence-corrected chi connectivity index (χ0v) is 10.7. The van der Waals surface area contributed by atoms with Crippen LogP contribution in [0.25, 0.3) is 0 Å². The fourth-order valence-electron chi connectivity index (χ4n) is 1.41. The van der Waals surface area contributed by atoms with Gasteiger partial charge in [-0.05, 0) is 23.7 Å². The molecule has 2 rings (SSSR count). The van der Waals surface area contributed by atoms with E-state index in [4.69, 9.17) is 23.2 Å². The van der Waals surface area contributed by atoms with Crippen molar-refractivity contribution in [3.63, 3.8) is 0 Å². The van der Waals surface area contributed by atoms with Gasteiger partial charge in [0.1, 0.15) is 10.8 Å². The Labute approximate surface area is 114 Å². The molecule has 0 aliphatic rings. The third kappa shape index (κ3) is 3.07. The van der Waals surface area contributed by atoms with E-state index in [1.54, 1.807) is 18.3 Å². The molecule has 94 valence electrons. The lowest BCUT2D eigenvalue weighted by Crippen LogP contribution is -2.17. The van der Waals surface area contributed by atoms with E-state index >= 15 is 0 Å². The number of nitrogens with one attached hydrogen (secondary N) is 1. The van der Waals surface area contributed by atoms with E-state index in [0.717, 1.165) is 0 Å². The SMILES string of the molecule is OC[C@@H](Nc1nc(Cl)ncc1Cl)c1ccccn1. The molecule has 0 saturated heterocycles. The number of anilines is 1. The molecule has 2 aromatic rings. The molecule has 0 radical (unpaired) electrons. The van der Waals surface area contributed by atoms with Crippen molar-refractivity contribution in [1.82, 2.24) is 15.0 Å². The molecule has 0 aromatic carbocycles. The van der Waals surface area contributed by atoms with E-state index in [9.17, 15) is 5.11 Å². The normalized spacial score (nSPS) is 12.2. The first-order valence-electron chi connectivity index (χ1n) is 5.17. The van der Waals surface area contributed by atoms with Gasteiger partial charge in [-0.25, -0.2) is 4.98 Å². The van der Waals surface area contributed by atoms with Crippen molar-refractivity contribution in [2.24, 2.45) is 0 Å². The number of rotatable bonds is 4. The third-order valence-corrected chi connectivity index (χ3v) is 2.71. The predicted octanol–water partition coefficient (Wildman–Crippen LogP) is 2.32. The van der Waals surface area contributed by atoms with Gasteiger partial charge in [-0.3, -0.25) is 4.98 Å². The molecule has 2 aromatic heterocycles. The fraction of sp³-hybridized carbons (Fsp3) is 0.182. The lowest BCUT2D eigenvalue weighted by Gasteiger charge is -2.16. The summed E-state index contributed by atoms with van der Waals surface area (Å²) in [5, 5.41) is 12.8. The second-order valence-corrected chi connectivity index (χ2v) is 4.21. The van der Waals surface area contributed by atoms with Crippen LogP contribution in [0, 0.1) is 0 Å². The van der Waals surface area contributed by atoms with Crippen LogP contribution < -0.4 is 5.32 Å². The molecular formula is C11H10Cl2N4O. The van der Waals surface area contributed by atoms with Crippen LogP contribution in [-0.2, 0) is 0 Å². The zero-order chi connectivity index (χ0) is 13.0. The van der Waals surface area contributed by atoms with Gasteiger partial charge in [-0.15, -0.1) is 0 Å². The molecule has 0 amide bonds. The van der Waals surface area contributed by atoms with E-state index in [1.807, 2.05) is 6.07 Å². The summed E-state index contributed by atoms with van der Waals surface area (Å²) in [5.41, 5.74) is 0.686. The highest BCUT2D eigenvalue weighted by Crippen LogP contribution is 2.23. The molecule has 0 bridgehead atoms. The molecule has 18 heavy (non-hydrogen) atoms. The van der Waals surface area contributed by atoms with Crippen molar-refractivity contribution >= 4 is 29.0 Å². The molecule has 0 fully saturated rings. The molecular weight excluding hydrogens is 275 g/mol. The van der Waals surface area contributed by atoms with Crippen LogP contribution in [0.2, 0.25) is 10.3 Å². The molecule has 0 saturated carbocycles. The largest absolute Gasteiger partial charge is 0.394 e. The first-order valence-corrected chi connectivity index (χ1v) is 5.92. The maximum atomic E-state index is 9.38. The number of nitrogens with zero attached hydrogens (tertiary/aromatic N) is 3. The highest BCUT2D eigenvalue weighted by atomic mass is 35.5. The number of hydrogen-bond donors (Lipinski definition) is 2. The van der Waals surface area contributed by atoms with Crippen LogP contribution in [-0.4, -0.2) is 26.7 Å². The average Bonchev–Trinajstić information content (AvgIpc) is 2.41. The second kappa shape index (κ2) is 5.95. The first-order chi connectivity index (χ1) is 8.70. The highest BCUT2D eigenvalue weighted by Gasteiger charge is 2.14. The Bertz CT molecular complexity index is 524. The average molecular weight is 285 g/mol. The topological polar surface area (TPSA) is 70.9 Å². The smallest absolute Gasteiger partial charge is 0.224 e. The second-order valence-electron chi connectivity index (χ2n) is 3.47. The third-order valence-electron chi connectivity index (χ3n) is 2.25. The van der Waals surface area contributed by atoms with E-state index in [-0.39, 0.29) is 11.9 Å². The van der Waals surface area contributed by atoms with Gasteiger partial charge in [0.25, 0.3) is 0 Å². The molecule has 7 heteroatoms. The number of halogens is 2. The Kier molecular flexibility index (Phi) is 4.30. The summed E-state index contributed by atoms with van der Waals surface area (Å²) in [7, 11) is 0. The molecule has 0 spiro atoms. The summed E-state index contributed by atoms with van der Waals surface area (Å²) in [6.07, 6.45) is 3.04. The quantitative estimate of drug-likeness (QED) is 0.844. The van der Waals surface area contributed by atoms with Gasteiger partial charge in [0, 0.05) is 6.20 Å². The van der Waals surface area contributed by atoms with Crippen LogP contribution in [0.1, 0.15) is 11.7 Å². The van der Waals surface area contributed by atoms with Crippen molar-refractivity contribution < 1.29 is 5.11 Å². The minimum atomic E-state index is -0.408. The van der Waals surface area contributed by atoms with Crippen LogP contribution in [0.4, 0.5) is 5.82 Å². The number of pyridine rings is 1. The van der Waals surface area contributed by atoms with E-state index in [2.05, 4.69) is 20.3 Å². The maximum Gasteiger partial charge on any atom is 0.224 e. The molecule has 2 N–H and O–H groups in total. The van der Waals surface area contributed by atoms with E-state index in [1.165, 1.54) is 6.20 Å². The Morgan fingerprint density at radius 1 is 1.28 bits per heavy atom. The lowest BCUT2D eigenvalue weighted by molar-refractivity contribution is 0.274.